The second-order valence-corrected chi connectivity index (χ2v) is 11.5. The second kappa shape index (κ2) is 11.4. The van der Waals surface area contributed by atoms with Crippen LogP contribution in [0.5, 0.6) is 0 Å². The van der Waals surface area contributed by atoms with E-state index < -0.39 is 10.0 Å². The summed E-state index contributed by atoms with van der Waals surface area (Å²) in [6, 6.07) is 16.8. The van der Waals surface area contributed by atoms with Crippen LogP contribution in [0.3, 0.4) is 0 Å². The summed E-state index contributed by atoms with van der Waals surface area (Å²) in [5.41, 5.74) is 1.86. The number of piperidine rings is 2. The fourth-order valence-corrected chi connectivity index (χ4v) is 6.52. The Kier molecular flexibility index (Phi) is 8.23. The Morgan fingerprint density at radius 1 is 0.943 bits per heavy atom. The van der Waals surface area contributed by atoms with E-state index in [0.29, 0.717) is 44.2 Å². The van der Waals surface area contributed by atoms with E-state index in [-0.39, 0.29) is 22.6 Å². The third-order valence-corrected chi connectivity index (χ3v) is 9.06. The van der Waals surface area contributed by atoms with Gasteiger partial charge in [0.25, 0.3) is 0 Å². The largest absolute Gasteiger partial charge is 0.342 e. The first-order valence-electron chi connectivity index (χ1n) is 12.6. The lowest BCUT2D eigenvalue weighted by Crippen LogP contribution is -2.43. The van der Waals surface area contributed by atoms with Gasteiger partial charge in [0.05, 0.1) is 10.8 Å². The third kappa shape index (κ3) is 6.30. The Morgan fingerprint density at radius 3 is 2.29 bits per heavy atom. The molecule has 188 valence electrons. The minimum Gasteiger partial charge on any atom is -0.342 e. The van der Waals surface area contributed by atoms with E-state index in [2.05, 4.69) is 17.4 Å². The molecule has 0 radical (unpaired) electrons. The average molecular weight is 498 g/mol. The number of nitrogens with zero attached hydrogens (tertiary/aromatic N) is 2. The molecular formula is C27H35N3O4S. The van der Waals surface area contributed by atoms with Crippen molar-refractivity contribution in [3.8, 4) is 0 Å². The fourth-order valence-electron chi connectivity index (χ4n) is 5.05. The molecule has 1 unspecified atom stereocenters. The molecule has 2 aromatic carbocycles. The number of sulfonamides is 1. The van der Waals surface area contributed by atoms with Gasteiger partial charge < -0.3 is 10.2 Å². The molecule has 2 heterocycles. The zero-order chi connectivity index (χ0) is 24.8. The van der Waals surface area contributed by atoms with Gasteiger partial charge in [-0.05, 0) is 67.9 Å². The number of carbonyl (C=O) groups excluding carboxylic acids is 2. The van der Waals surface area contributed by atoms with Crippen molar-refractivity contribution in [2.75, 3.05) is 31.5 Å². The highest BCUT2D eigenvalue weighted by Crippen LogP contribution is 2.27. The van der Waals surface area contributed by atoms with Gasteiger partial charge >= 0.3 is 0 Å². The highest BCUT2D eigenvalue weighted by Gasteiger charge is 2.30. The van der Waals surface area contributed by atoms with Gasteiger partial charge in [-0.3, -0.25) is 9.59 Å². The number of benzene rings is 2. The summed E-state index contributed by atoms with van der Waals surface area (Å²) in [5, 5.41) is 2.89. The quantitative estimate of drug-likeness (QED) is 0.628. The van der Waals surface area contributed by atoms with E-state index in [1.54, 1.807) is 33.5 Å². The maximum atomic E-state index is 13.2. The third-order valence-electron chi connectivity index (χ3n) is 7.15. The molecule has 0 aliphatic carbocycles. The lowest BCUT2D eigenvalue weighted by atomic mass is 9.91. The van der Waals surface area contributed by atoms with Crippen LogP contribution >= 0.6 is 0 Å². The molecule has 0 spiro atoms. The number of likely N-dealkylation sites (tertiary alicyclic amines) is 1. The molecule has 1 atom stereocenters. The number of amides is 2. The normalized spacial score (nSPS) is 19.9. The molecular weight excluding hydrogens is 462 g/mol. The molecule has 0 bridgehead atoms. The van der Waals surface area contributed by atoms with Crippen molar-refractivity contribution in [3.63, 3.8) is 0 Å². The molecule has 4 rings (SSSR count). The van der Waals surface area contributed by atoms with E-state index in [1.165, 1.54) is 5.56 Å². The van der Waals surface area contributed by atoms with E-state index in [4.69, 9.17) is 0 Å². The van der Waals surface area contributed by atoms with Gasteiger partial charge in [-0.1, -0.05) is 37.3 Å². The average Bonchev–Trinajstić information content (AvgIpc) is 2.89. The minimum absolute atomic E-state index is 0.0705. The van der Waals surface area contributed by atoms with Gasteiger partial charge in [0.1, 0.15) is 0 Å². The maximum Gasteiger partial charge on any atom is 0.243 e. The van der Waals surface area contributed by atoms with E-state index in [0.717, 1.165) is 32.1 Å². The zero-order valence-corrected chi connectivity index (χ0v) is 21.2. The van der Waals surface area contributed by atoms with Crippen LogP contribution < -0.4 is 5.32 Å². The molecule has 2 aliphatic heterocycles. The van der Waals surface area contributed by atoms with Gasteiger partial charge in [-0.15, -0.1) is 0 Å². The summed E-state index contributed by atoms with van der Waals surface area (Å²) in [5.74, 6) is 0.181. The molecule has 35 heavy (non-hydrogen) atoms. The topological polar surface area (TPSA) is 86.8 Å². The van der Waals surface area contributed by atoms with E-state index in [1.807, 2.05) is 25.1 Å². The van der Waals surface area contributed by atoms with E-state index >= 15 is 0 Å². The molecule has 2 aromatic rings. The molecule has 2 amide bonds. The molecule has 2 fully saturated rings. The number of nitrogens with one attached hydrogen (secondary N) is 1. The molecule has 7 nitrogen and oxygen atoms in total. The molecule has 2 aliphatic rings. The smallest absolute Gasteiger partial charge is 0.243 e. The van der Waals surface area contributed by atoms with Gasteiger partial charge in [-0.25, -0.2) is 8.42 Å². The predicted molar refractivity (Wildman–Crippen MR) is 136 cm³/mol. The highest BCUT2D eigenvalue weighted by atomic mass is 32.2. The van der Waals surface area contributed by atoms with Gasteiger partial charge in [0, 0.05) is 38.3 Å². The summed E-state index contributed by atoms with van der Waals surface area (Å²) < 4.78 is 27.9. The van der Waals surface area contributed by atoms with Crippen LogP contribution in [-0.2, 0) is 26.0 Å². The molecule has 1 N–H and O–H groups in total. The highest BCUT2D eigenvalue weighted by molar-refractivity contribution is 7.89. The first-order chi connectivity index (χ1) is 16.9. The Balaban J connectivity index is 1.31. The van der Waals surface area contributed by atoms with Crippen molar-refractivity contribution in [2.45, 2.75) is 50.3 Å². The van der Waals surface area contributed by atoms with Crippen LogP contribution in [0.25, 0.3) is 0 Å². The standard InChI is InChI=1S/C27H35N3O4S/c1-2-26(31)29-16-6-9-23(20-29)27(32)28-24-10-12-25(13-11-24)35(33,34)30-17-14-22(15-18-30)19-21-7-4-3-5-8-21/h3-5,7-8,10-13,22-23H,2,6,9,14-20H2,1H3,(H,28,32). The van der Waals surface area contributed by atoms with Crippen LogP contribution in [-0.4, -0.2) is 55.6 Å². The van der Waals surface area contributed by atoms with Gasteiger partial charge in [0.15, 0.2) is 0 Å². The van der Waals surface area contributed by atoms with Crippen molar-refractivity contribution < 1.29 is 18.0 Å². The van der Waals surface area contributed by atoms with E-state index in [9.17, 15) is 18.0 Å². The summed E-state index contributed by atoms with van der Waals surface area (Å²) >= 11 is 0. The van der Waals surface area contributed by atoms with Crippen LogP contribution in [0.1, 0.15) is 44.6 Å². The van der Waals surface area contributed by atoms with Crippen molar-refractivity contribution in [3.05, 3.63) is 60.2 Å². The second-order valence-electron chi connectivity index (χ2n) is 9.58. The zero-order valence-electron chi connectivity index (χ0n) is 20.4. The Hall–Kier alpha value is -2.71. The Labute approximate surface area is 208 Å². The summed E-state index contributed by atoms with van der Waals surface area (Å²) in [4.78, 5) is 26.7. The number of hydrogen-bond donors (Lipinski definition) is 1. The maximum absolute atomic E-state index is 13.2. The molecule has 2 saturated heterocycles. The molecule has 0 aromatic heterocycles. The summed E-state index contributed by atoms with van der Waals surface area (Å²) in [7, 11) is -3.57. The van der Waals surface area contributed by atoms with Gasteiger partial charge in [-0.2, -0.15) is 4.31 Å². The van der Waals surface area contributed by atoms with Crippen LogP contribution in [0, 0.1) is 11.8 Å². The first kappa shape index (κ1) is 25.4. The Morgan fingerprint density at radius 2 is 1.63 bits per heavy atom. The molecule has 0 saturated carbocycles. The minimum atomic E-state index is -3.57. The molecule has 8 heteroatoms. The lowest BCUT2D eigenvalue weighted by Gasteiger charge is -2.32. The fraction of sp³-hybridized carbons (Fsp3) is 0.481. The number of carbonyl (C=O) groups is 2. The number of rotatable bonds is 7. The van der Waals surface area contributed by atoms with Crippen molar-refractivity contribution in [2.24, 2.45) is 11.8 Å². The van der Waals surface area contributed by atoms with Crippen molar-refractivity contribution in [1.82, 2.24) is 9.21 Å². The van der Waals surface area contributed by atoms with Crippen LogP contribution in [0.2, 0.25) is 0 Å². The van der Waals surface area contributed by atoms with Gasteiger partial charge in [0.2, 0.25) is 21.8 Å². The first-order valence-corrected chi connectivity index (χ1v) is 14.0. The number of anilines is 1. The Bertz CT molecular complexity index is 1110. The predicted octanol–water partition coefficient (Wildman–Crippen LogP) is 3.92. The van der Waals surface area contributed by atoms with Crippen LogP contribution in [0.4, 0.5) is 5.69 Å². The van der Waals surface area contributed by atoms with Crippen molar-refractivity contribution in [1.29, 1.82) is 0 Å². The SMILES string of the molecule is CCC(=O)N1CCCC(C(=O)Nc2ccc(S(=O)(=O)N3CCC(Cc4ccccc4)CC3)cc2)C1. The monoisotopic (exact) mass is 497 g/mol. The summed E-state index contributed by atoms with van der Waals surface area (Å²) in [6.07, 6.45) is 4.67. The number of hydrogen-bond acceptors (Lipinski definition) is 4. The summed E-state index contributed by atoms with van der Waals surface area (Å²) in [6.45, 7) is 4.01. The lowest BCUT2D eigenvalue weighted by molar-refractivity contribution is -0.134. The van der Waals surface area contributed by atoms with Crippen molar-refractivity contribution >= 4 is 27.5 Å². The van der Waals surface area contributed by atoms with Crippen LogP contribution in [0.15, 0.2) is 59.5 Å².